The van der Waals surface area contributed by atoms with Crippen molar-refractivity contribution in [3.05, 3.63) is 79.8 Å². The molecule has 2 aromatic carbocycles. The molecule has 0 bridgehead atoms. The lowest BCUT2D eigenvalue weighted by Gasteiger charge is -2.14. The van der Waals surface area contributed by atoms with E-state index >= 15 is 0 Å². The molecule has 0 aliphatic carbocycles. The van der Waals surface area contributed by atoms with Gasteiger partial charge in [0.25, 0.3) is 10.9 Å². The molecular formula is C17H14ClN3O2. The highest BCUT2D eigenvalue weighted by Gasteiger charge is 2.20. The normalized spacial score (nSPS) is 10.7. The average molecular weight is 328 g/mol. The molecule has 23 heavy (non-hydrogen) atoms. The number of anilines is 3. The Balaban J connectivity index is 1.66. The minimum Gasteiger partial charge on any atom is -0.380 e. The smallest absolute Gasteiger partial charge is 0.253 e. The molecule has 0 unspecified atom stereocenters. The highest BCUT2D eigenvalue weighted by Crippen LogP contribution is 2.20. The van der Waals surface area contributed by atoms with Crippen LogP contribution in [-0.2, 0) is 6.42 Å². The summed E-state index contributed by atoms with van der Waals surface area (Å²) in [5.41, 5.74) is 1.40. The Hall–Kier alpha value is -2.66. The third kappa shape index (κ3) is 3.40. The Morgan fingerprint density at radius 3 is 2.48 bits per heavy atom. The van der Waals surface area contributed by atoms with Crippen LogP contribution < -0.4 is 21.5 Å². The van der Waals surface area contributed by atoms with Crippen LogP contribution >= 0.6 is 11.6 Å². The zero-order chi connectivity index (χ0) is 16.2. The molecule has 0 fully saturated rings. The van der Waals surface area contributed by atoms with E-state index in [2.05, 4.69) is 15.6 Å². The van der Waals surface area contributed by atoms with Crippen LogP contribution in [0.1, 0.15) is 5.56 Å². The maximum absolute atomic E-state index is 11.7. The van der Waals surface area contributed by atoms with Crippen molar-refractivity contribution in [2.75, 3.05) is 17.2 Å². The monoisotopic (exact) mass is 327 g/mol. The molecule has 0 aliphatic rings. The Kier molecular flexibility index (Phi) is 4.39. The molecule has 2 N–H and O–H groups in total. The van der Waals surface area contributed by atoms with Gasteiger partial charge in [-0.1, -0.05) is 23.7 Å². The Morgan fingerprint density at radius 1 is 1.00 bits per heavy atom. The summed E-state index contributed by atoms with van der Waals surface area (Å²) in [4.78, 5) is 27.3. The number of nitrogens with one attached hydrogen (secondary N) is 2. The minimum atomic E-state index is -0.507. The Labute approximate surface area is 137 Å². The molecule has 1 heterocycles. The average Bonchev–Trinajstić information content (AvgIpc) is 2.58. The lowest BCUT2D eigenvalue weighted by atomic mass is 10.1. The second-order valence-corrected chi connectivity index (χ2v) is 5.51. The Bertz CT molecular complexity index is 886. The first-order valence-electron chi connectivity index (χ1n) is 7.14. The quantitative estimate of drug-likeness (QED) is 0.681. The highest BCUT2D eigenvalue weighted by atomic mass is 35.5. The third-order valence-electron chi connectivity index (χ3n) is 3.46. The molecule has 0 spiro atoms. The fraction of sp³-hybridized carbons (Fsp3) is 0.118. The molecule has 5 nitrogen and oxygen atoms in total. The Morgan fingerprint density at radius 2 is 1.74 bits per heavy atom. The van der Waals surface area contributed by atoms with Crippen molar-refractivity contribution in [2.24, 2.45) is 0 Å². The second kappa shape index (κ2) is 6.62. The lowest BCUT2D eigenvalue weighted by Crippen LogP contribution is -2.37. The van der Waals surface area contributed by atoms with E-state index in [4.69, 9.17) is 11.6 Å². The predicted molar refractivity (Wildman–Crippen MR) is 92.5 cm³/mol. The van der Waals surface area contributed by atoms with Crippen LogP contribution in [0.2, 0.25) is 5.02 Å². The summed E-state index contributed by atoms with van der Waals surface area (Å²) in [7, 11) is 0. The van der Waals surface area contributed by atoms with Gasteiger partial charge >= 0.3 is 0 Å². The predicted octanol–water partition coefficient (Wildman–Crippen LogP) is 2.73. The van der Waals surface area contributed by atoms with E-state index in [1.807, 2.05) is 24.3 Å². The molecule has 0 amide bonds. The van der Waals surface area contributed by atoms with Gasteiger partial charge in [-0.3, -0.25) is 14.6 Å². The number of nitrogens with zero attached hydrogens (tertiary/aromatic N) is 1. The summed E-state index contributed by atoms with van der Waals surface area (Å²) in [5.74, 6) is 0. The van der Waals surface area contributed by atoms with E-state index in [1.54, 1.807) is 24.5 Å². The van der Waals surface area contributed by atoms with E-state index in [1.165, 1.54) is 0 Å². The minimum absolute atomic E-state index is 0.298. The summed E-state index contributed by atoms with van der Waals surface area (Å²) in [6, 6.07) is 11.0. The SMILES string of the molecule is O=c1c(NCCc2cccc(Cl)c2)c(Nc2ccncc2)c1=O. The van der Waals surface area contributed by atoms with E-state index in [9.17, 15) is 9.59 Å². The van der Waals surface area contributed by atoms with Gasteiger partial charge in [0, 0.05) is 29.6 Å². The number of pyridine rings is 1. The van der Waals surface area contributed by atoms with Crippen LogP contribution in [0.15, 0.2) is 58.4 Å². The number of aromatic nitrogens is 1. The molecule has 0 aliphatic heterocycles. The van der Waals surface area contributed by atoms with Gasteiger partial charge in [0.1, 0.15) is 11.4 Å². The maximum atomic E-state index is 11.7. The van der Waals surface area contributed by atoms with Crippen LogP contribution in [-0.4, -0.2) is 11.5 Å². The van der Waals surface area contributed by atoms with Gasteiger partial charge in [-0.2, -0.15) is 0 Å². The standard InChI is InChI=1S/C17H14ClN3O2/c18-12-3-1-2-11(10-12)4-9-20-14-15(17(23)16(14)22)21-13-5-7-19-8-6-13/h1-3,5-8,10,20H,4,9H2,(H,19,21). The van der Waals surface area contributed by atoms with E-state index in [-0.39, 0.29) is 0 Å². The molecular weight excluding hydrogens is 314 g/mol. The van der Waals surface area contributed by atoms with Gasteiger partial charge < -0.3 is 10.6 Å². The van der Waals surface area contributed by atoms with Crippen LogP contribution in [0.3, 0.4) is 0 Å². The fourth-order valence-corrected chi connectivity index (χ4v) is 2.50. The lowest BCUT2D eigenvalue weighted by molar-refractivity contribution is 1.01. The van der Waals surface area contributed by atoms with Gasteiger partial charge in [0.15, 0.2) is 0 Å². The summed E-state index contributed by atoms with van der Waals surface area (Å²) in [6.07, 6.45) is 3.92. The highest BCUT2D eigenvalue weighted by molar-refractivity contribution is 6.30. The van der Waals surface area contributed by atoms with Gasteiger partial charge in [-0.25, -0.2) is 0 Å². The summed E-state index contributed by atoms with van der Waals surface area (Å²) >= 11 is 5.94. The van der Waals surface area contributed by atoms with E-state index in [0.717, 1.165) is 5.56 Å². The molecule has 0 radical (unpaired) electrons. The molecule has 3 aromatic rings. The molecule has 3 rings (SSSR count). The van der Waals surface area contributed by atoms with Crippen molar-refractivity contribution < 1.29 is 0 Å². The van der Waals surface area contributed by atoms with Crippen LogP contribution in [0.5, 0.6) is 0 Å². The number of halogens is 1. The number of hydrogen-bond acceptors (Lipinski definition) is 5. The van der Waals surface area contributed by atoms with Crippen molar-refractivity contribution >= 4 is 28.7 Å². The van der Waals surface area contributed by atoms with E-state index < -0.39 is 10.9 Å². The largest absolute Gasteiger partial charge is 0.380 e. The third-order valence-corrected chi connectivity index (χ3v) is 3.70. The number of hydrogen-bond donors (Lipinski definition) is 2. The first kappa shape index (κ1) is 15.2. The number of rotatable bonds is 6. The summed E-state index contributed by atoms with van der Waals surface area (Å²) < 4.78 is 0. The maximum Gasteiger partial charge on any atom is 0.253 e. The molecule has 6 heteroatoms. The second-order valence-electron chi connectivity index (χ2n) is 5.08. The first-order chi connectivity index (χ1) is 11.1. The zero-order valence-corrected chi connectivity index (χ0v) is 12.9. The van der Waals surface area contributed by atoms with Crippen LogP contribution in [0, 0.1) is 0 Å². The number of benzene rings is 1. The van der Waals surface area contributed by atoms with E-state index in [0.29, 0.717) is 35.1 Å². The van der Waals surface area contributed by atoms with Crippen molar-refractivity contribution in [1.29, 1.82) is 0 Å². The first-order valence-corrected chi connectivity index (χ1v) is 7.51. The van der Waals surface area contributed by atoms with Crippen molar-refractivity contribution in [2.45, 2.75) is 6.42 Å². The zero-order valence-electron chi connectivity index (χ0n) is 12.2. The van der Waals surface area contributed by atoms with Crippen molar-refractivity contribution in [3.63, 3.8) is 0 Å². The van der Waals surface area contributed by atoms with Crippen molar-refractivity contribution in [1.82, 2.24) is 4.98 Å². The topological polar surface area (TPSA) is 71.1 Å². The summed E-state index contributed by atoms with van der Waals surface area (Å²) in [5, 5.41) is 6.66. The molecule has 0 saturated heterocycles. The van der Waals surface area contributed by atoms with Crippen LogP contribution in [0.4, 0.5) is 17.1 Å². The van der Waals surface area contributed by atoms with Gasteiger partial charge in [-0.15, -0.1) is 0 Å². The van der Waals surface area contributed by atoms with Crippen molar-refractivity contribution in [3.8, 4) is 0 Å². The van der Waals surface area contributed by atoms with Gasteiger partial charge in [0.2, 0.25) is 0 Å². The molecule has 116 valence electrons. The molecule has 0 saturated carbocycles. The molecule has 1 aromatic heterocycles. The fourth-order valence-electron chi connectivity index (χ4n) is 2.28. The van der Waals surface area contributed by atoms with Gasteiger partial charge in [0.05, 0.1) is 0 Å². The van der Waals surface area contributed by atoms with Gasteiger partial charge in [-0.05, 0) is 36.2 Å². The summed E-state index contributed by atoms with van der Waals surface area (Å²) in [6.45, 7) is 0.538. The molecule has 0 atom stereocenters. The van der Waals surface area contributed by atoms with Crippen LogP contribution in [0.25, 0.3) is 0 Å².